The summed E-state index contributed by atoms with van der Waals surface area (Å²) in [5.41, 5.74) is 0. The third kappa shape index (κ3) is 3.79. The predicted molar refractivity (Wildman–Crippen MR) is 68.2 cm³/mol. The molecule has 1 atom stereocenters. The van der Waals surface area contributed by atoms with Crippen molar-refractivity contribution in [3.8, 4) is 0 Å². The lowest BCUT2D eigenvalue weighted by Gasteiger charge is -2.09. The van der Waals surface area contributed by atoms with E-state index in [9.17, 15) is 18.3 Å². The van der Waals surface area contributed by atoms with Crippen LogP contribution in [0.1, 0.15) is 23.9 Å². The summed E-state index contributed by atoms with van der Waals surface area (Å²) in [5, 5.41) is 11.5. The van der Waals surface area contributed by atoms with E-state index in [1.54, 1.807) is 6.92 Å². The summed E-state index contributed by atoms with van der Waals surface area (Å²) in [7, 11) is -0.948. The lowest BCUT2D eigenvalue weighted by Crippen LogP contribution is -2.31. The van der Waals surface area contributed by atoms with E-state index >= 15 is 0 Å². The molecule has 0 radical (unpaired) electrons. The van der Waals surface area contributed by atoms with E-state index in [4.69, 9.17) is 4.42 Å². The fourth-order valence-electron chi connectivity index (χ4n) is 1.20. The van der Waals surface area contributed by atoms with Gasteiger partial charge in [-0.3, -0.25) is 4.79 Å². The average molecular weight is 290 g/mol. The van der Waals surface area contributed by atoms with Crippen molar-refractivity contribution in [3.05, 3.63) is 17.9 Å². The number of nitrogens with zero attached hydrogens (tertiary/aromatic N) is 1. The van der Waals surface area contributed by atoms with Crippen LogP contribution >= 0.6 is 0 Å². The molecule has 7 nitrogen and oxygen atoms in total. The second-order valence-corrected chi connectivity index (χ2v) is 6.26. The maximum atomic E-state index is 11.7. The summed E-state index contributed by atoms with van der Waals surface area (Å²) in [4.78, 5) is 11.7. The maximum absolute atomic E-state index is 11.7. The van der Waals surface area contributed by atoms with Gasteiger partial charge in [0.15, 0.2) is 5.76 Å². The molecule has 19 heavy (non-hydrogen) atoms. The molecule has 1 amide bonds. The molecule has 0 saturated carbocycles. The first-order valence-corrected chi connectivity index (χ1v) is 7.21. The smallest absolute Gasteiger partial charge is 0.287 e. The second kappa shape index (κ2) is 6.18. The SMILES string of the molecule is CCC(O)CNC(=O)c1ccc(S(=O)(=O)N(C)C)o1. The number of carbonyl (C=O) groups excluding carboxylic acids is 1. The summed E-state index contributed by atoms with van der Waals surface area (Å²) in [6, 6.07) is 2.50. The lowest BCUT2D eigenvalue weighted by molar-refractivity contribution is 0.0881. The van der Waals surface area contributed by atoms with E-state index in [1.165, 1.54) is 26.2 Å². The molecule has 0 aliphatic carbocycles. The van der Waals surface area contributed by atoms with E-state index in [-0.39, 0.29) is 17.4 Å². The van der Waals surface area contributed by atoms with E-state index in [2.05, 4.69) is 5.32 Å². The second-order valence-electron chi connectivity index (χ2n) is 4.18. The van der Waals surface area contributed by atoms with Gasteiger partial charge in [0.1, 0.15) is 0 Å². The topological polar surface area (TPSA) is 99.8 Å². The first-order chi connectivity index (χ1) is 8.78. The van der Waals surface area contributed by atoms with Crippen molar-refractivity contribution in [2.24, 2.45) is 0 Å². The van der Waals surface area contributed by atoms with Crippen LogP contribution in [0.15, 0.2) is 21.6 Å². The fraction of sp³-hybridized carbons (Fsp3) is 0.545. The Morgan fingerprint density at radius 2 is 2.11 bits per heavy atom. The van der Waals surface area contributed by atoms with Gasteiger partial charge in [-0.1, -0.05) is 6.92 Å². The molecule has 1 rings (SSSR count). The molecule has 0 aliphatic rings. The standard InChI is InChI=1S/C11H18N2O5S/c1-4-8(14)7-12-11(15)9-5-6-10(18-9)19(16,17)13(2)3/h5-6,8,14H,4,7H2,1-3H3,(H,12,15). The zero-order valence-corrected chi connectivity index (χ0v) is 11.9. The van der Waals surface area contributed by atoms with Gasteiger partial charge < -0.3 is 14.8 Å². The van der Waals surface area contributed by atoms with Crippen LogP contribution in [0, 0.1) is 0 Å². The summed E-state index contributed by atoms with van der Waals surface area (Å²) in [6.45, 7) is 1.87. The summed E-state index contributed by atoms with van der Waals surface area (Å²) in [5.74, 6) is -0.670. The first kappa shape index (κ1) is 15.7. The summed E-state index contributed by atoms with van der Waals surface area (Å²) in [6.07, 6.45) is -0.123. The van der Waals surface area contributed by atoms with Crippen LogP contribution in [0.4, 0.5) is 0 Å². The molecule has 0 aliphatic heterocycles. The van der Waals surface area contributed by atoms with Gasteiger partial charge >= 0.3 is 0 Å². The van der Waals surface area contributed by atoms with Gasteiger partial charge in [0.05, 0.1) is 6.10 Å². The molecule has 0 bridgehead atoms. The van der Waals surface area contributed by atoms with Crippen LogP contribution in [0.3, 0.4) is 0 Å². The van der Waals surface area contributed by atoms with Crippen LogP contribution in [-0.4, -0.2) is 50.5 Å². The Hall–Kier alpha value is -1.38. The Morgan fingerprint density at radius 3 is 2.63 bits per heavy atom. The Kier molecular flexibility index (Phi) is 5.10. The van der Waals surface area contributed by atoms with E-state index in [0.717, 1.165) is 4.31 Å². The highest BCUT2D eigenvalue weighted by Crippen LogP contribution is 2.16. The van der Waals surface area contributed by atoms with Gasteiger partial charge in [0.2, 0.25) is 5.09 Å². The highest BCUT2D eigenvalue weighted by Gasteiger charge is 2.23. The molecule has 2 N–H and O–H groups in total. The number of rotatable bonds is 6. The van der Waals surface area contributed by atoms with Gasteiger partial charge in [-0.25, -0.2) is 12.7 Å². The normalized spacial score (nSPS) is 13.5. The van der Waals surface area contributed by atoms with Crippen LogP contribution in [0.25, 0.3) is 0 Å². The minimum absolute atomic E-state index is 0.0891. The molecule has 1 aromatic rings. The first-order valence-electron chi connectivity index (χ1n) is 5.77. The highest BCUT2D eigenvalue weighted by atomic mass is 32.2. The molecule has 8 heteroatoms. The molecule has 108 valence electrons. The van der Waals surface area contributed by atoms with Gasteiger partial charge in [-0.15, -0.1) is 0 Å². The minimum Gasteiger partial charge on any atom is -0.438 e. The Labute approximate surface area is 112 Å². The minimum atomic E-state index is -3.69. The number of hydrogen-bond donors (Lipinski definition) is 2. The Morgan fingerprint density at radius 1 is 1.47 bits per heavy atom. The van der Waals surface area contributed by atoms with Gasteiger partial charge in [-0.2, -0.15) is 0 Å². The van der Waals surface area contributed by atoms with Crippen molar-refractivity contribution >= 4 is 15.9 Å². The van der Waals surface area contributed by atoms with Crippen molar-refractivity contribution < 1.29 is 22.7 Å². The molecule has 0 saturated heterocycles. The number of aliphatic hydroxyl groups excluding tert-OH is 1. The summed E-state index contributed by atoms with van der Waals surface area (Å²) < 4.78 is 29.5. The predicted octanol–water partition coefficient (Wildman–Crippen LogP) is 0.0306. The van der Waals surface area contributed by atoms with Crippen LogP contribution in [-0.2, 0) is 10.0 Å². The zero-order valence-electron chi connectivity index (χ0n) is 11.1. The molecule has 0 aromatic carbocycles. The fourth-order valence-corrected chi connectivity index (χ4v) is 2.00. The van der Waals surface area contributed by atoms with Crippen molar-refractivity contribution in [2.75, 3.05) is 20.6 Å². The van der Waals surface area contributed by atoms with E-state index < -0.39 is 22.0 Å². The largest absolute Gasteiger partial charge is 0.438 e. The zero-order chi connectivity index (χ0) is 14.6. The van der Waals surface area contributed by atoms with Crippen LogP contribution in [0.2, 0.25) is 0 Å². The number of hydrogen-bond acceptors (Lipinski definition) is 5. The Bertz CT molecular complexity index is 535. The molecule has 0 spiro atoms. The summed E-state index contributed by atoms with van der Waals surface area (Å²) >= 11 is 0. The average Bonchev–Trinajstić information content (AvgIpc) is 2.85. The Balaban J connectivity index is 2.78. The van der Waals surface area contributed by atoms with Crippen molar-refractivity contribution in [1.82, 2.24) is 9.62 Å². The van der Waals surface area contributed by atoms with Crippen molar-refractivity contribution in [2.45, 2.75) is 24.5 Å². The van der Waals surface area contributed by atoms with Crippen molar-refractivity contribution in [3.63, 3.8) is 0 Å². The van der Waals surface area contributed by atoms with Crippen LogP contribution < -0.4 is 5.32 Å². The molecule has 1 unspecified atom stereocenters. The van der Waals surface area contributed by atoms with Gasteiger partial charge in [0.25, 0.3) is 15.9 Å². The van der Waals surface area contributed by atoms with Crippen molar-refractivity contribution in [1.29, 1.82) is 0 Å². The third-order valence-corrected chi connectivity index (χ3v) is 4.20. The molecule has 1 heterocycles. The van der Waals surface area contributed by atoms with E-state index in [0.29, 0.717) is 6.42 Å². The number of furan rings is 1. The molecular formula is C11H18N2O5S. The van der Waals surface area contributed by atoms with E-state index in [1.807, 2.05) is 0 Å². The number of nitrogens with one attached hydrogen (secondary N) is 1. The van der Waals surface area contributed by atoms with Gasteiger partial charge in [-0.05, 0) is 18.6 Å². The maximum Gasteiger partial charge on any atom is 0.287 e. The quantitative estimate of drug-likeness (QED) is 0.770. The lowest BCUT2D eigenvalue weighted by atomic mass is 10.3. The molecule has 0 fully saturated rings. The number of carbonyl (C=O) groups is 1. The molecular weight excluding hydrogens is 272 g/mol. The third-order valence-electron chi connectivity index (χ3n) is 2.51. The molecule has 1 aromatic heterocycles. The number of sulfonamides is 1. The monoisotopic (exact) mass is 290 g/mol. The number of aliphatic hydroxyl groups is 1. The van der Waals surface area contributed by atoms with Crippen LogP contribution in [0.5, 0.6) is 0 Å². The highest BCUT2D eigenvalue weighted by molar-refractivity contribution is 7.88. The number of amides is 1. The van der Waals surface area contributed by atoms with Gasteiger partial charge in [0, 0.05) is 20.6 Å².